The molecule has 0 fully saturated rings. The van der Waals surface area contributed by atoms with Crippen LogP contribution in [-0.2, 0) is 16.6 Å². The second kappa shape index (κ2) is 7.06. The van der Waals surface area contributed by atoms with Gasteiger partial charge < -0.3 is 10.4 Å². The highest BCUT2D eigenvalue weighted by atomic mass is 16.4. The number of hydrogen-bond acceptors (Lipinski definition) is 3. The fourth-order valence-electron chi connectivity index (χ4n) is 2.07. The summed E-state index contributed by atoms with van der Waals surface area (Å²) < 4.78 is 1.74. The Morgan fingerprint density at radius 2 is 2.05 bits per heavy atom. The topological polar surface area (TPSA) is 84.2 Å². The van der Waals surface area contributed by atoms with Crippen molar-refractivity contribution >= 4 is 18.0 Å². The van der Waals surface area contributed by atoms with Gasteiger partial charge in [0.15, 0.2) is 0 Å². The largest absolute Gasteiger partial charge is 0.480 e. The number of aliphatic carboxylic acids is 1. The van der Waals surface area contributed by atoms with Gasteiger partial charge in [0.2, 0.25) is 5.91 Å². The van der Waals surface area contributed by atoms with Crippen molar-refractivity contribution in [3.05, 3.63) is 23.0 Å². The first kappa shape index (κ1) is 16.9. The molecule has 1 aromatic rings. The Balaban J connectivity index is 2.81. The summed E-state index contributed by atoms with van der Waals surface area (Å²) in [4.78, 5) is 23.1. The Labute approximate surface area is 124 Å². The molecule has 1 heterocycles. The van der Waals surface area contributed by atoms with Crippen molar-refractivity contribution in [1.82, 2.24) is 15.1 Å². The van der Waals surface area contributed by atoms with Gasteiger partial charge in [-0.2, -0.15) is 5.10 Å². The van der Waals surface area contributed by atoms with Crippen LogP contribution in [0.2, 0.25) is 0 Å². The molecule has 0 radical (unpaired) electrons. The summed E-state index contributed by atoms with van der Waals surface area (Å²) in [6, 6.07) is -0.872. The summed E-state index contributed by atoms with van der Waals surface area (Å²) in [6.45, 7) is 7.48. The van der Waals surface area contributed by atoms with Crippen LogP contribution in [-0.4, -0.2) is 32.8 Å². The lowest BCUT2D eigenvalue weighted by Crippen LogP contribution is -2.44. The number of rotatable bonds is 6. The average molecular weight is 293 g/mol. The zero-order valence-electron chi connectivity index (χ0n) is 13.2. The van der Waals surface area contributed by atoms with E-state index in [1.807, 2.05) is 27.8 Å². The number of aromatic nitrogens is 2. The highest BCUT2D eigenvalue weighted by Crippen LogP contribution is 2.13. The minimum Gasteiger partial charge on any atom is -0.480 e. The summed E-state index contributed by atoms with van der Waals surface area (Å²) in [5.74, 6) is -1.55. The molecule has 0 aromatic carbocycles. The van der Waals surface area contributed by atoms with Gasteiger partial charge >= 0.3 is 5.97 Å². The van der Waals surface area contributed by atoms with Crippen molar-refractivity contribution in [3.63, 3.8) is 0 Å². The van der Waals surface area contributed by atoms with E-state index >= 15 is 0 Å². The molecular formula is C15H23N3O3. The smallest absolute Gasteiger partial charge is 0.326 e. The number of aryl methyl sites for hydroxylation is 2. The second-order valence-corrected chi connectivity index (χ2v) is 5.25. The lowest BCUT2D eigenvalue weighted by atomic mass is 9.99. The molecule has 1 aromatic heterocycles. The molecule has 116 valence electrons. The van der Waals surface area contributed by atoms with Crippen molar-refractivity contribution in [2.24, 2.45) is 13.0 Å². The van der Waals surface area contributed by atoms with Crippen LogP contribution in [0.25, 0.3) is 6.08 Å². The van der Waals surface area contributed by atoms with E-state index < -0.39 is 17.9 Å². The number of carboxylic acids is 1. The number of carbonyl (C=O) groups is 2. The molecule has 0 aliphatic carbocycles. The molecule has 6 nitrogen and oxygen atoms in total. The van der Waals surface area contributed by atoms with Crippen LogP contribution in [0.3, 0.4) is 0 Å². The number of hydrogen-bond donors (Lipinski definition) is 2. The first-order valence-corrected chi connectivity index (χ1v) is 6.99. The molecule has 1 amide bonds. The number of carboxylic acid groups (broad SMARTS) is 1. The van der Waals surface area contributed by atoms with Crippen LogP contribution in [0.1, 0.15) is 37.2 Å². The molecule has 0 saturated heterocycles. The van der Waals surface area contributed by atoms with Gasteiger partial charge in [0.1, 0.15) is 6.04 Å². The van der Waals surface area contributed by atoms with Crippen molar-refractivity contribution < 1.29 is 14.7 Å². The molecular weight excluding hydrogens is 270 g/mol. The van der Waals surface area contributed by atoms with Crippen molar-refractivity contribution in [1.29, 1.82) is 0 Å². The van der Waals surface area contributed by atoms with Gasteiger partial charge in [-0.3, -0.25) is 9.48 Å². The molecule has 0 spiro atoms. The van der Waals surface area contributed by atoms with Gasteiger partial charge in [-0.15, -0.1) is 0 Å². The van der Waals surface area contributed by atoms with Gasteiger partial charge in [0.25, 0.3) is 0 Å². The van der Waals surface area contributed by atoms with E-state index in [0.29, 0.717) is 6.42 Å². The maximum atomic E-state index is 11.9. The third kappa shape index (κ3) is 4.18. The Bertz CT molecular complexity index is 561. The van der Waals surface area contributed by atoms with E-state index in [0.717, 1.165) is 17.0 Å². The Kier molecular flexibility index (Phi) is 5.69. The maximum Gasteiger partial charge on any atom is 0.326 e. The van der Waals surface area contributed by atoms with Crippen molar-refractivity contribution in [2.75, 3.05) is 0 Å². The fourth-order valence-corrected chi connectivity index (χ4v) is 2.07. The number of nitrogens with zero attached hydrogens (tertiary/aromatic N) is 2. The molecule has 2 N–H and O–H groups in total. The lowest BCUT2D eigenvalue weighted by molar-refractivity contribution is -0.142. The third-order valence-corrected chi connectivity index (χ3v) is 3.74. The molecule has 6 heteroatoms. The van der Waals surface area contributed by atoms with E-state index in [9.17, 15) is 9.59 Å². The maximum absolute atomic E-state index is 11.9. The Morgan fingerprint density at radius 1 is 1.43 bits per heavy atom. The molecule has 0 bridgehead atoms. The number of amides is 1. The van der Waals surface area contributed by atoms with Crippen LogP contribution in [0.5, 0.6) is 0 Å². The fraction of sp³-hybridized carbons (Fsp3) is 0.533. The molecule has 2 atom stereocenters. The first-order valence-electron chi connectivity index (χ1n) is 6.99. The molecule has 0 saturated carbocycles. The van der Waals surface area contributed by atoms with E-state index in [-0.39, 0.29) is 5.92 Å². The minimum absolute atomic E-state index is 0.123. The Morgan fingerprint density at radius 3 is 2.48 bits per heavy atom. The molecule has 0 aliphatic heterocycles. The summed E-state index contributed by atoms with van der Waals surface area (Å²) in [5, 5.41) is 15.9. The van der Waals surface area contributed by atoms with E-state index in [1.54, 1.807) is 17.7 Å². The standard InChI is InChI=1S/C15H23N3O3/c1-6-9(2)14(15(20)21)16-13(19)8-7-12-10(3)17-18(5)11(12)4/h7-9,14H,6H2,1-5H3,(H,16,19)(H,20,21)/b8-7+. The molecule has 21 heavy (non-hydrogen) atoms. The van der Waals surface area contributed by atoms with Crippen molar-refractivity contribution in [3.8, 4) is 0 Å². The zero-order chi connectivity index (χ0) is 16.2. The molecule has 2 unspecified atom stereocenters. The van der Waals surface area contributed by atoms with Crippen LogP contribution in [0.15, 0.2) is 6.08 Å². The van der Waals surface area contributed by atoms with Gasteiger partial charge in [-0.05, 0) is 25.8 Å². The monoisotopic (exact) mass is 293 g/mol. The zero-order valence-corrected chi connectivity index (χ0v) is 13.2. The SMILES string of the molecule is CCC(C)C(NC(=O)/C=C/c1c(C)nn(C)c1C)C(=O)O. The van der Waals surface area contributed by atoms with Gasteiger partial charge in [0, 0.05) is 24.4 Å². The first-order chi connectivity index (χ1) is 9.77. The van der Waals surface area contributed by atoms with Crippen LogP contribution in [0, 0.1) is 19.8 Å². The predicted molar refractivity (Wildman–Crippen MR) is 80.7 cm³/mol. The van der Waals surface area contributed by atoms with E-state index in [1.165, 1.54) is 6.08 Å². The minimum atomic E-state index is -1.01. The van der Waals surface area contributed by atoms with Crippen LogP contribution < -0.4 is 5.32 Å². The van der Waals surface area contributed by atoms with Crippen LogP contribution >= 0.6 is 0 Å². The highest BCUT2D eigenvalue weighted by Gasteiger charge is 2.24. The number of nitrogens with one attached hydrogen (secondary N) is 1. The summed E-state index contributed by atoms with van der Waals surface area (Å²) in [6.07, 6.45) is 3.71. The number of carbonyl (C=O) groups excluding carboxylic acids is 1. The van der Waals surface area contributed by atoms with Crippen molar-refractivity contribution in [2.45, 2.75) is 40.2 Å². The predicted octanol–water partition coefficient (Wildman–Crippen LogP) is 1.67. The summed E-state index contributed by atoms with van der Waals surface area (Å²) >= 11 is 0. The van der Waals surface area contributed by atoms with Gasteiger partial charge in [0.05, 0.1) is 5.69 Å². The third-order valence-electron chi connectivity index (χ3n) is 3.74. The quantitative estimate of drug-likeness (QED) is 0.781. The molecule has 0 aliphatic rings. The average Bonchev–Trinajstić information content (AvgIpc) is 2.66. The summed E-state index contributed by atoms with van der Waals surface area (Å²) in [7, 11) is 1.84. The van der Waals surface area contributed by atoms with Gasteiger partial charge in [-0.1, -0.05) is 20.3 Å². The lowest BCUT2D eigenvalue weighted by Gasteiger charge is -2.19. The van der Waals surface area contributed by atoms with Gasteiger partial charge in [-0.25, -0.2) is 4.79 Å². The second-order valence-electron chi connectivity index (χ2n) is 5.25. The Hall–Kier alpha value is -2.11. The van der Waals surface area contributed by atoms with E-state index in [2.05, 4.69) is 10.4 Å². The summed E-state index contributed by atoms with van der Waals surface area (Å²) in [5.41, 5.74) is 2.66. The van der Waals surface area contributed by atoms with E-state index in [4.69, 9.17) is 5.11 Å². The molecule has 1 rings (SSSR count). The highest BCUT2D eigenvalue weighted by molar-refractivity contribution is 5.94. The van der Waals surface area contributed by atoms with Crippen LogP contribution in [0.4, 0.5) is 0 Å². The normalized spacial score (nSPS) is 14.1.